The van der Waals surface area contributed by atoms with Crippen molar-refractivity contribution in [2.24, 2.45) is 0 Å². The molecule has 0 bridgehead atoms. The van der Waals surface area contributed by atoms with E-state index in [0.29, 0.717) is 6.42 Å². The molecule has 0 aromatic carbocycles. The molecule has 0 unspecified atom stereocenters. The van der Waals surface area contributed by atoms with Gasteiger partial charge in [0.25, 0.3) is 0 Å². The van der Waals surface area contributed by atoms with Gasteiger partial charge < -0.3 is 9.64 Å². The molecule has 0 aromatic rings. The van der Waals surface area contributed by atoms with Crippen molar-refractivity contribution < 1.29 is 41.3 Å². The Bertz CT molecular complexity index is 751. The summed E-state index contributed by atoms with van der Waals surface area (Å²) < 4.78 is 69.9. The van der Waals surface area contributed by atoms with E-state index >= 15 is 0 Å². The fraction of sp³-hybridized carbons (Fsp3) is 0.926. The molecule has 0 aromatic heterocycles. The third kappa shape index (κ3) is 14.6. The van der Waals surface area contributed by atoms with Crippen molar-refractivity contribution in [2.75, 3.05) is 19.4 Å². The first kappa shape index (κ1) is 35.0. The summed E-state index contributed by atoms with van der Waals surface area (Å²) in [6.07, 6.45) is 10.8. The minimum Gasteiger partial charge on any atom is -0.464 e. The van der Waals surface area contributed by atoms with Gasteiger partial charge in [0, 0.05) is 12.1 Å². The van der Waals surface area contributed by atoms with Gasteiger partial charge in [-0.3, -0.25) is 14.2 Å². The van der Waals surface area contributed by atoms with Crippen LogP contribution in [0.1, 0.15) is 122 Å². The second kappa shape index (κ2) is 19.1. The van der Waals surface area contributed by atoms with Crippen LogP contribution < -0.4 is 11.0 Å². The second-order valence-electron chi connectivity index (χ2n) is 11.0. The third-order valence-electron chi connectivity index (χ3n) is 7.38. The summed E-state index contributed by atoms with van der Waals surface area (Å²) in [6.45, 7) is 1.18. The van der Waals surface area contributed by atoms with Crippen LogP contribution in [-0.2, 0) is 28.1 Å². The first-order chi connectivity index (χ1) is 19.1. The lowest BCUT2D eigenvalue weighted by Crippen LogP contribution is -2.46. The maximum atomic E-state index is 13.7. The molecule has 2 fully saturated rings. The number of esters is 1. The Balaban J connectivity index is 1.96. The van der Waals surface area contributed by atoms with Gasteiger partial charge in [0.2, 0.25) is 0 Å². The number of alkyl halides is 3. The van der Waals surface area contributed by atoms with Gasteiger partial charge in [0.1, 0.15) is 12.8 Å². The van der Waals surface area contributed by atoms with E-state index in [2.05, 4.69) is 17.9 Å². The highest BCUT2D eigenvalue weighted by Crippen LogP contribution is 2.48. The maximum absolute atomic E-state index is 13.7. The van der Waals surface area contributed by atoms with Gasteiger partial charge in [-0.25, -0.2) is 9.25 Å². The molecular weight excluding hydrogens is 550 g/mol. The molecule has 9 nitrogen and oxygen atoms in total. The zero-order valence-electron chi connectivity index (χ0n) is 24.0. The van der Waals surface area contributed by atoms with E-state index in [1.807, 2.05) is 0 Å². The summed E-state index contributed by atoms with van der Waals surface area (Å²) >= 11 is 0. The van der Waals surface area contributed by atoms with E-state index in [4.69, 9.17) is 14.0 Å². The first-order valence-corrected chi connectivity index (χ1v) is 16.8. The van der Waals surface area contributed by atoms with E-state index < -0.39 is 38.5 Å². The van der Waals surface area contributed by atoms with Gasteiger partial charge in [0.15, 0.2) is 0 Å². The van der Waals surface area contributed by atoms with Crippen LogP contribution >= 0.6 is 7.60 Å². The van der Waals surface area contributed by atoms with E-state index in [1.165, 1.54) is 19.3 Å². The number of rotatable bonds is 19. The molecule has 0 heterocycles. The molecule has 0 aliphatic heterocycles. The van der Waals surface area contributed by atoms with Crippen LogP contribution in [0.3, 0.4) is 0 Å². The Morgan fingerprint density at radius 1 is 0.800 bits per heavy atom. The van der Waals surface area contributed by atoms with E-state index in [-0.39, 0.29) is 23.6 Å². The Morgan fingerprint density at radius 2 is 1.27 bits per heavy atom. The lowest BCUT2D eigenvalue weighted by atomic mass is 9.96. The fourth-order valence-corrected chi connectivity index (χ4v) is 6.44. The van der Waals surface area contributed by atoms with Crippen molar-refractivity contribution in [2.45, 2.75) is 141 Å². The van der Waals surface area contributed by atoms with Crippen LogP contribution in [0.2, 0.25) is 0 Å². The number of ether oxygens (including phenoxy) is 1. The molecule has 2 aliphatic rings. The Morgan fingerprint density at radius 3 is 1.75 bits per heavy atom. The lowest BCUT2D eigenvalue weighted by molar-refractivity contribution is -0.186. The summed E-state index contributed by atoms with van der Waals surface area (Å²) in [5, 5.41) is 0. The monoisotopic (exact) mass is 599 g/mol. The summed E-state index contributed by atoms with van der Waals surface area (Å²) in [6, 6.07) is -0.271. The number of unbranched alkanes of at least 4 members (excludes halogenated alkanes) is 7. The van der Waals surface area contributed by atoms with Crippen LogP contribution in [0.25, 0.3) is 0 Å². The zero-order chi connectivity index (χ0) is 29.3. The van der Waals surface area contributed by atoms with Crippen molar-refractivity contribution >= 4 is 19.5 Å². The topological polar surface area (TPSA) is 106 Å². The number of nitrogens with zero attached hydrogens (tertiary/aromatic N) is 1. The van der Waals surface area contributed by atoms with Crippen molar-refractivity contribution in [3.63, 3.8) is 0 Å². The number of amides is 1. The molecule has 2 N–H and O–H groups in total. The zero-order valence-corrected chi connectivity index (χ0v) is 24.9. The van der Waals surface area contributed by atoms with Crippen LogP contribution in [0.4, 0.5) is 13.2 Å². The Hall–Kier alpha value is -1.20. The largest absolute Gasteiger partial charge is 0.471 e. The number of hydrogen-bond donors (Lipinski definition) is 2. The van der Waals surface area contributed by atoms with E-state index in [1.54, 1.807) is 0 Å². The number of hydrogen-bond acceptors (Lipinski definition) is 8. The standard InChI is InChI=1S/C27H49F3N3O6P/c1-2-3-4-5-6-7-8-15-20-37-25(34)21-33(26(35)27(28,29)30)22-40(36,38-31-23-16-11-9-12-17-23)39-32-24-18-13-10-14-19-24/h23-24,31-32H,2-22H2,1H3. The van der Waals surface area contributed by atoms with Gasteiger partial charge in [0.05, 0.1) is 6.61 Å². The predicted molar refractivity (Wildman–Crippen MR) is 146 cm³/mol. The molecule has 2 rings (SSSR count). The number of hydroxylamine groups is 2. The van der Waals surface area contributed by atoms with E-state index in [0.717, 1.165) is 89.9 Å². The summed E-state index contributed by atoms with van der Waals surface area (Å²) in [7, 11) is -4.37. The molecule has 2 aliphatic carbocycles. The molecule has 1 amide bonds. The molecule has 40 heavy (non-hydrogen) atoms. The SMILES string of the molecule is CCCCCCCCCCOC(=O)CN(CP(=O)(ONC1CCCCC1)ONC1CCCCC1)C(=O)C(F)(F)F. The number of carbonyl (C=O) groups is 2. The van der Waals surface area contributed by atoms with Crippen LogP contribution in [0.15, 0.2) is 0 Å². The van der Waals surface area contributed by atoms with Crippen LogP contribution in [-0.4, -0.2) is 54.5 Å². The Labute approximate surface area is 237 Å². The smallest absolute Gasteiger partial charge is 0.464 e. The minimum atomic E-state index is -5.28. The summed E-state index contributed by atoms with van der Waals surface area (Å²) in [4.78, 5) is 24.8. The Kier molecular flexibility index (Phi) is 16.7. The van der Waals surface area contributed by atoms with Crippen molar-refractivity contribution in [3.05, 3.63) is 0 Å². The highest BCUT2D eigenvalue weighted by molar-refractivity contribution is 7.53. The quantitative estimate of drug-likeness (QED) is 0.0714. The maximum Gasteiger partial charge on any atom is 0.471 e. The van der Waals surface area contributed by atoms with Crippen molar-refractivity contribution in [1.29, 1.82) is 0 Å². The summed E-state index contributed by atoms with van der Waals surface area (Å²) in [5.74, 6) is -3.31. The predicted octanol–water partition coefficient (Wildman–Crippen LogP) is 6.92. The van der Waals surface area contributed by atoms with Crippen LogP contribution in [0, 0.1) is 0 Å². The normalized spacial score (nSPS) is 17.6. The second-order valence-corrected chi connectivity index (χ2v) is 12.9. The van der Waals surface area contributed by atoms with Gasteiger partial charge in [-0.2, -0.15) is 24.1 Å². The number of nitrogens with one attached hydrogen (secondary N) is 2. The van der Waals surface area contributed by atoms with Crippen molar-refractivity contribution in [3.8, 4) is 0 Å². The highest BCUT2D eigenvalue weighted by atomic mass is 31.2. The molecular formula is C27H49F3N3O6P. The molecule has 2 saturated carbocycles. The van der Waals surface area contributed by atoms with Crippen LogP contribution in [0.5, 0.6) is 0 Å². The van der Waals surface area contributed by atoms with Crippen molar-refractivity contribution in [1.82, 2.24) is 15.9 Å². The average molecular weight is 600 g/mol. The average Bonchev–Trinajstić information content (AvgIpc) is 2.94. The van der Waals surface area contributed by atoms with Gasteiger partial charge in [-0.15, -0.1) is 0 Å². The fourth-order valence-electron chi connectivity index (χ4n) is 5.02. The molecule has 0 saturated heterocycles. The van der Waals surface area contributed by atoms with E-state index in [9.17, 15) is 27.3 Å². The molecule has 0 atom stereocenters. The molecule has 0 spiro atoms. The first-order valence-electron chi connectivity index (χ1n) is 15.1. The number of halogens is 3. The minimum absolute atomic E-state index is 0.0406. The third-order valence-corrected chi connectivity index (χ3v) is 8.84. The lowest BCUT2D eigenvalue weighted by Gasteiger charge is -2.30. The highest BCUT2D eigenvalue weighted by Gasteiger charge is 2.46. The molecule has 0 radical (unpaired) electrons. The van der Waals surface area contributed by atoms with Gasteiger partial charge in [-0.1, -0.05) is 90.4 Å². The summed E-state index contributed by atoms with van der Waals surface area (Å²) in [5.41, 5.74) is 5.39. The van der Waals surface area contributed by atoms with Gasteiger partial charge >= 0.3 is 25.6 Å². The molecule has 13 heteroatoms. The van der Waals surface area contributed by atoms with Gasteiger partial charge in [-0.05, 0) is 32.1 Å². The molecule has 234 valence electrons. The number of carbonyl (C=O) groups excluding carboxylic acids is 2.